The molecule has 0 amide bonds. The summed E-state index contributed by atoms with van der Waals surface area (Å²) in [6, 6.07) is 12.7. The van der Waals surface area contributed by atoms with Crippen LogP contribution in [0, 0.1) is 20.8 Å². The molecule has 2 N–H and O–H groups in total. The Bertz CT molecular complexity index is 672. The van der Waals surface area contributed by atoms with Crippen LogP contribution in [0.5, 0.6) is 0 Å². The van der Waals surface area contributed by atoms with Crippen LogP contribution in [0.4, 0.5) is 0 Å². The molecule has 4 nitrogen and oxygen atoms in total. The van der Waals surface area contributed by atoms with Crippen LogP contribution in [0.2, 0.25) is 0 Å². The molecular weight excluding hydrogens is 296 g/mol. The molecule has 1 heterocycles. The van der Waals surface area contributed by atoms with Crippen molar-refractivity contribution in [1.82, 2.24) is 15.6 Å². The number of hydrogen-bond donors (Lipinski definition) is 2. The summed E-state index contributed by atoms with van der Waals surface area (Å²) in [6.07, 6.45) is 0.982. The quantitative estimate of drug-likeness (QED) is 0.633. The Labute approximate surface area is 145 Å². The van der Waals surface area contributed by atoms with Gasteiger partial charge in [0.1, 0.15) is 0 Å². The van der Waals surface area contributed by atoms with Crippen LogP contribution in [-0.4, -0.2) is 24.0 Å². The summed E-state index contributed by atoms with van der Waals surface area (Å²) in [5, 5.41) is 6.69. The predicted octanol–water partition coefficient (Wildman–Crippen LogP) is 3.30. The Morgan fingerprint density at radius 3 is 2.46 bits per heavy atom. The van der Waals surface area contributed by atoms with Gasteiger partial charge < -0.3 is 10.6 Å². The molecule has 128 valence electrons. The van der Waals surface area contributed by atoms with Crippen molar-refractivity contribution in [1.29, 1.82) is 0 Å². The Morgan fingerprint density at radius 2 is 1.79 bits per heavy atom. The van der Waals surface area contributed by atoms with Crippen LogP contribution in [0.3, 0.4) is 0 Å². The van der Waals surface area contributed by atoms with Crippen molar-refractivity contribution < 1.29 is 0 Å². The van der Waals surface area contributed by atoms with Crippen LogP contribution < -0.4 is 10.6 Å². The van der Waals surface area contributed by atoms with Crippen molar-refractivity contribution >= 4 is 5.96 Å². The molecular formula is C20H28N4. The van der Waals surface area contributed by atoms with Gasteiger partial charge in [-0.1, -0.05) is 35.4 Å². The van der Waals surface area contributed by atoms with Gasteiger partial charge >= 0.3 is 0 Å². The van der Waals surface area contributed by atoms with Gasteiger partial charge in [-0.15, -0.1) is 0 Å². The normalized spacial score (nSPS) is 11.4. The second-order valence-electron chi connectivity index (χ2n) is 6.14. The van der Waals surface area contributed by atoms with Crippen molar-refractivity contribution in [2.45, 2.75) is 40.7 Å². The first-order chi connectivity index (χ1) is 11.6. The van der Waals surface area contributed by atoms with Gasteiger partial charge in [-0.05, 0) is 51.8 Å². The van der Waals surface area contributed by atoms with Crippen molar-refractivity contribution in [3.63, 3.8) is 0 Å². The number of pyridine rings is 1. The maximum atomic E-state index is 4.62. The monoisotopic (exact) mass is 324 g/mol. The summed E-state index contributed by atoms with van der Waals surface area (Å²) in [4.78, 5) is 9.11. The first kappa shape index (κ1) is 18.0. The molecule has 0 aliphatic heterocycles. The lowest BCUT2D eigenvalue weighted by atomic mass is 10.1. The second kappa shape index (κ2) is 9.06. The molecule has 2 aromatic rings. The van der Waals surface area contributed by atoms with E-state index in [9.17, 15) is 0 Å². The third kappa shape index (κ3) is 6.03. The first-order valence-electron chi connectivity index (χ1n) is 8.58. The van der Waals surface area contributed by atoms with E-state index >= 15 is 0 Å². The van der Waals surface area contributed by atoms with Gasteiger partial charge in [0.2, 0.25) is 0 Å². The molecule has 24 heavy (non-hydrogen) atoms. The largest absolute Gasteiger partial charge is 0.357 e. The minimum atomic E-state index is 0.584. The summed E-state index contributed by atoms with van der Waals surface area (Å²) in [6.45, 7) is 10.6. The number of aliphatic imine (C=N–C) groups is 1. The third-order valence-corrected chi connectivity index (χ3v) is 3.68. The number of aromatic nitrogens is 1. The van der Waals surface area contributed by atoms with E-state index in [1.54, 1.807) is 0 Å². The Balaban J connectivity index is 1.91. The summed E-state index contributed by atoms with van der Waals surface area (Å²) in [5.74, 6) is 0.838. The fourth-order valence-electron chi connectivity index (χ4n) is 2.73. The lowest BCUT2D eigenvalue weighted by Gasteiger charge is -2.12. The van der Waals surface area contributed by atoms with Gasteiger partial charge in [0.05, 0.1) is 12.2 Å². The van der Waals surface area contributed by atoms with Crippen LogP contribution in [0.25, 0.3) is 0 Å². The van der Waals surface area contributed by atoms with E-state index in [1.165, 1.54) is 16.7 Å². The van der Waals surface area contributed by atoms with Crippen molar-refractivity contribution in [2.24, 2.45) is 4.99 Å². The zero-order chi connectivity index (χ0) is 17.4. The molecule has 1 aromatic carbocycles. The number of hydrogen-bond acceptors (Lipinski definition) is 2. The third-order valence-electron chi connectivity index (χ3n) is 3.68. The Kier molecular flexibility index (Phi) is 6.79. The average Bonchev–Trinajstić information content (AvgIpc) is 2.52. The highest BCUT2D eigenvalue weighted by molar-refractivity contribution is 5.79. The minimum absolute atomic E-state index is 0.584. The van der Waals surface area contributed by atoms with Gasteiger partial charge in [0.15, 0.2) is 5.96 Å². The number of guanidine groups is 1. The lowest BCUT2D eigenvalue weighted by Crippen LogP contribution is -2.38. The fourth-order valence-corrected chi connectivity index (χ4v) is 2.73. The molecule has 0 saturated carbocycles. The number of nitrogens with zero attached hydrogens (tertiary/aromatic N) is 2. The van der Waals surface area contributed by atoms with Crippen LogP contribution >= 0.6 is 0 Å². The Morgan fingerprint density at radius 1 is 1.04 bits per heavy atom. The average molecular weight is 324 g/mol. The van der Waals surface area contributed by atoms with E-state index in [-0.39, 0.29) is 0 Å². The Hall–Kier alpha value is -2.36. The van der Waals surface area contributed by atoms with Gasteiger partial charge in [-0.25, -0.2) is 4.99 Å². The number of nitrogens with one attached hydrogen (secondary N) is 2. The van der Waals surface area contributed by atoms with Gasteiger partial charge in [0.25, 0.3) is 0 Å². The minimum Gasteiger partial charge on any atom is -0.357 e. The summed E-state index contributed by atoms with van der Waals surface area (Å²) >= 11 is 0. The SMILES string of the molecule is CCNC(=NCc1cccc(C)n1)NCCc1cc(C)cc(C)c1. The molecule has 0 bridgehead atoms. The number of benzene rings is 1. The highest BCUT2D eigenvalue weighted by atomic mass is 15.2. The van der Waals surface area contributed by atoms with E-state index < -0.39 is 0 Å². The molecule has 0 spiro atoms. The van der Waals surface area contributed by atoms with Gasteiger partial charge in [-0.3, -0.25) is 4.98 Å². The van der Waals surface area contributed by atoms with Gasteiger partial charge in [0, 0.05) is 18.8 Å². The second-order valence-corrected chi connectivity index (χ2v) is 6.14. The van der Waals surface area contributed by atoms with E-state index in [0.29, 0.717) is 6.54 Å². The number of rotatable bonds is 6. The standard InChI is InChI=1S/C20H28N4/c1-5-21-20(23-14-19-8-6-7-17(4)24-19)22-10-9-18-12-15(2)11-16(3)13-18/h6-8,11-13H,5,9-10,14H2,1-4H3,(H2,21,22,23). The summed E-state index contributed by atoms with van der Waals surface area (Å²) in [5.41, 5.74) is 6.00. The van der Waals surface area contributed by atoms with Crippen molar-refractivity contribution in [3.8, 4) is 0 Å². The molecule has 1 aromatic heterocycles. The number of aryl methyl sites for hydroxylation is 3. The topological polar surface area (TPSA) is 49.3 Å². The summed E-state index contributed by atoms with van der Waals surface area (Å²) in [7, 11) is 0. The lowest BCUT2D eigenvalue weighted by molar-refractivity contribution is 0.795. The highest BCUT2D eigenvalue weighted by Crippen LogP contribution is 2.09. The van der Waals surface area contributed by atoms with Crippen molar-refractivity contribution in [2.75, 3.05) is 13.1 Å². The smallest absolute Gasteiger partial charge is 0.191 e. The van der Waals surface area contributed by atoms with Crippen molar-refractivity contribution in [3.05, 3.63) is 64.5 Å². The molecule has 0 atom stereocenters. The van der Waals surface area contributed by atoms with Crippen LogP contribution in [0.1, 0.15) is 35.0 Å². The van der Waals surface area contributed by atoms with E-state index in [1.807, 2.05) is 25.1 Å². The molecule has 0 unspecified atom stereocenters. The van der Waals surface area contributed by atoms with Gasteiger partial charge in [-0.2, -0.15) is 0 Å². The highest BCUT2D eigenvalue weighted by Gasteiger charge is 2.00. The van der Waals surface area contributed by atoms with E-state index in [4.69, 9.17) is 0 Å². The molecule has 0 aliphatic rings. The fraction of sp³-hybridized carbons (Fsp3) is 0.400. The maximum Gasteiger partial charge on any atom is 0.191 e. The van der Waals surface area contributed by atoms with E-state index in [0.717, 1.165) is 36.9 Å². The molecule has 2 rings (SSSR count). The zero-order valence-corrected chi connectivity index (χ0v) is 15.2. The zero-order valence-electron chi connectivity index (χ0n) is 15.2. The first-order valence-corrected chi connectivity index (χ1v) is 8.58. The molecule has 4 heteroatoms. The molecule has 0 saturated heterocycles. The summed E-state index contributed by atoms with van der Waals surface area (Å²) < 4.78 is 0. The molecule has 0 radical (unpaired) electrons. The van der Waals surface area contributed by atoms with Crippen LogP contribution in [-0.2, 0) is 13.0 Å². The maximum absolute atomic E-state index is 4.62. The van der Waals surface area contributed by atoms with Crippen LogP contribution in [0.15, 0.2) is 41.4 Å². The molecule has 0 aliphatic carbocycles. The van der Waals surface area contributed by atoms with E-state index in [2.05, 4.69) is 59.6 Å². The predicted molar refractivity (Wildman–Crippen MR) is 101 cm³/mol. The molecule has 0 fully saturated rings.